The molecule has 2 aromatic rings. The normalized spacial score (nSPS) is 16.1. The number of amides is 3. The molecule has 0 aliphatic carbocycles. The van der Waals surface area contributed by atoms with Gasteiger partial charge < -0.3 is 20.7 Å². The molecule has 3 amide bonds. The first-order chi connectivity index (χ1) is 13.3. The molecule has 2 aromatic carbocycles. The lowest BCUT2D eigenvalue weighted by atomic mass is 10.1. The van der Waals surface area contributed by atoms with Crippen LogP contribution in [0.2, 0.25) is 0 Å². The predicted molar refractivity (Wildman–Crippen MR) is 106 cm³/mol. The van der Waals surface area contributed by atoms with E-state index in [1.54, 1.807) is 24.3 Å². The Hall–Kier alpha value is -3.35. The van der Waals surface area contributed by atoms with Crippen molar-refractivity contribution in [2.24, 2.45) is 11.7 Å². The van der Waals surface area contributed by atoms with E-state index in [1.165, 1.54) is 4.90 Å². The van der Waals surface area contributed by atoms with Crippen LogP contribution in [0.1, 0.15) is 17.5 Å². The van der Waals surface area contributed by atoms with Gasteiger partial charge in [-0.1, -0.05) is 12.1 Å². The molecule has 0 spiro atoms. The number of benzene rings is 2. The molecule has 3 rings (SSSR count). The Morgan fingerprint density at radius 1 is 1.18 bits per heavy atom. The fraction of sp³-hybridized carbons (Fsp3) is 0.286. The number of nitrogens with zero attached hydrogens (tertiary/aromatic N) is 1. The van der Waals surface area contributed by atoms with Gasteiger partial charge in [-0.2, -0.15) is 0 Å². The number of aryl methyl sites for hydroxylation is 1. The Labute approximate surface area is 163 Å². The molecule has 7 heteroatoms. The van der Waals surface area contributed by atoms with Gasteiger partial charge >= 0.3 is 0 Å². The highest BCUT2D eigenvalue weighted by Crippen LogP contribution is 2.26. The maximum atomic E-state index is 12.1. The van der Waals surface area contributed by atoms with E-state index < -0.39 is 11.8 Å². The van der Waals surface area contributed by atoms with E-state index in [0.717, 1.165) is 16.8 Å². The third-order valence-corrected chi connectivity index (χ3v) is 4.92. The summed E-state index contributed by atoms with van der Waals surface area (Å²) in [6.45, 7) is 4.10. The predicted octanol–water partition coefficient (Wildman–Crippen LogP) is 2.16. The van der Waals surface area contributed by atoms with Gasteiger partial charge in [0.15, 0.2) is 6.61 Å². The summed E-state index contributed by atoms with van der Waals surface area (Å²) in [6, 6.07) is 12.5. The molecule has 0 aromatic heterocycles. The van der Waals surface area contributed by atoms with Crippen LogP contribution in [0.4, 0.5) is 11.4 Å². The van der Waals surface area contributed by atoms with Crippen LogP contribution in [0.25, 0.3) is 0 Å². The third-order valence-electron chi connectivity index (χ3n) is 4.92. The SMILES string of the molecule is Cc1cccc(NC(=O)COc2ccc(N3C[C@H](C(N)=O)CC3=O)cc2)c1C. The molecule has 146 valence electrons. The number of ether oxygens (including phenoxy) is 1. The average molecular weight is 381 g/mol. The van der Waals surface area contributed by atoms with Crippen molar-refractivity contribution in [1.82, 2.24) is 0 Å². The molecular weight excluding hydrogens is 358 g/mol. The second-order valence-corrected chi connectivity index (χ2v) is 6.89. The Morgan fingerprint density at radius 2 is 1.89 bits per heavy atom. The maximum absolute atomic E-state index is 12.1. The van der Waals surface area contributed by atoms with Gasteiger partial charge in [-0.15, -0.1) is 0 Å². The van der Waals surface area contributed by atoms with Gasteiger partial charge in [0.05, 0.1) is 5.92 Å². The second-order valence-electron chi connectivity index (χ2n) is 6.89. The topological polar surface area (TPSA) is 102 Å². The number of nitrogens with two attached hydrogens (primary N) is 1. The molecular formula is C21H23N3O4. The van der Waals surface area contributed by atoms with Crippen molar-refractivity contribution in [3.63, 3.8) is 0 Å². The molecule has 3 N–H and O–H groups in total. The number of carbonyl (C=O) groups is 3. The van der Waals surface area contributed by atoms with Crippen molar-refractivity contribution < 1.29 is 19.1 Å². The first kappa shape index (κ1) is 19.4. The van der Waals surface area contributed by atoms with E-state index in [0.29, 0.717) is 11.4 Å². The van der Waals surface area contributed by atoms with Gasteiger partial charge in [0, 0.05) is 24.3 Å². The Morgan fingerprint density at radius 3 is 2.54 bits per heavy atom. The quantitative estimate of drug-likeness (QED) is 0.800. The molecule has 0 unspecified atom stereocenters. The van der Waals surface area contributed by atoms with Gasteiger partial charge in [0.25, 0.3) is 5.91 Å². The van der Waals surface area contributed by atoms with Crippen LogP contribution in [0.3, 0.4) is 0 Å². The van der Waals surface area contributed by atoms with Gasteiger partial charge in [-0.25, -0.2) is 0 Å². The number of primary amides is 1. The lowest BCUT2D eigenvalue weighted by Crippen LogP contribution is -2.28. The second kappa shape index (κ2) is 8.12. The van der Waals surface area contributed by atoms with Crippen LogP contribution in [0.15, 0.2) is 42.5 Å². The molecule has 1 aliphatic rings. The molecule has 7 nitrogen and oxygen atoms in total. The van der Waals surface area contributed by atoms with Crippen LogP contribution < -0.4 is 20.7 Å². The van der Waals surface area contributed by atoms with Gasteiger partial charge in [0.2, 0.25) is 11.8 Å². The molecule has 0 bridgehead atoms. The van der Waals surface area contributed by atoms with Crippen LogP contribution in [-0.2, 0) is 14.4 Å². The highest BCUT2D eigenvalue weighted by molar-refractivity contribution is 6.00. The summed E-state index contributed by atoms with van der Waals surface area (Å²) in [5, 5.41) is 2.84. The fourth-order valence-corrected chi connectivity index (χ4v) is 3.09. The zero-order valence-electron chi connectivity index (χ0n) is 15.9. The number of anilines is 2. The molecule has 1 aliphatic heterocycles. The minimum atomic E-state index is -0.467. The van der Waals surface area contributed by atoms with Crippen molar-refractivity contribution >= 4 is 29.1 Å². The Bertz CT molecular complexity index is 908. The summed E-state index contributed by atoms with van der Waals surface area (Å²) >= 11 is 0. The Kier molecular flexibility index (Phi) is 5.63. The first-order valence-corrected chi connectivity index (χ1v) is 9.03. The molecule has 28 heavy (non-hydrogen) atoms. The zero-order valence-corrected chi connectivity index (χ0v) is 15.9. The lowest BCUT2D eigenvalue weighted by molar-refractivity contribution is -0.123. The minimum absolute atomic E-state index is 0.126. The van der Waals surface area contributed by atoms with Crippen molar-refractivity contribution in [3.05, 3.63) is 53.6 Å². The van der Waals surface area contributed by atoms with Crippen molar-refractivity contribution in [1.29, 1.82) is 0 Å². The minimum Gasteiger partial charge on any atom is -0.484 e. The number of hydrogen-bond donors (Lipinski definition) is 2. The van der Waals surface area contributed by atoms with Crippen molar-refractivity contribution in [2.45, 2.75) is 20.3 Å². The first-order valence-electron chi connectivity index (χ1n) is 9.03. The molecule has 1 heterocycles. The monoisotopic (exact) mass is 381 g/mol. The Balaban J connectivity index is 1.56. The van der Waals surface area contributed by atoms with E-state index in [2.05, 4.69) is 5.32 Å². The standard InChI is InChI=1S/C21H23N3O4/c1-13-4-3-5-18(14(13)2)23-19(25)12-28-17-8-6-16(7-9-17)24-11-15(21(22)27)10-20(24)26/h3-9,15H,10-12H2,1-2H3,(H2,22,27)(H,23,25)/t15-/m1/s1. The highest BCUT2D eigenvalue weighted by Gasteiger charge is 2.33. The number of rotatable bonds is 6. The van der Waals surface area contributed by atoms with E-state index in [9.17, 15) is 14.4 Å². The summed E-state index contributed by atoms with van der Waals surface area (Å²) in [5.74, 6) is -0.803. The molecule has 0 saturated carbocycles. The number of nitrogens with one attached hydrogen (secondary N) is 1. The van der Waals surface area contributed by atoms with Gasteiger partial charge in [0.1, 0.15) is 5.75 Å². The number of hydrogen-bond acceptors (Lipinski definition) is 4. The van der Waals surface area contributed by atoms with Crippen LogP contribution in [-0.4, -0.2) is 30.9 Å². The van der Waals surface area contributed by atoms with E-state index in [4.69, 9.17) is 10.5 Å². The summed E-state index contributed by atoms with van der Waals surface area (Å²) in [7, 11) is 0. The van der Waals surface area contributed by atoms with Crippen LogP contribution in [0.5, 0.6) is 5.75 Å². The smallest absolute Gasteiger partial charge is 0.262 e. The molecule has 0 radical (unpaired) electrons. The third kappa shape index (κ3) is 4.31. The van der Waals surface area contributed by atoms with Crippen LogP contribution in [0, 0.1) is 19.8 Å². The maximum Gasteiger partial charge on any atom is 0.262 e. The van der Waals surface area contributed by atoms with Gasteiger partial charge in [-0.05, 0) is 55.3 Å². The van der Waals surface area contributed by atoms with E-state index >= 15 is 0 Å². The molecule has 1 atom stereocenters. The summed E-state index contributed by atoms with van der Waals surface area (Å²) in [6.07, 6.45) is 0.131. The van der Waals surface area contributed by atoms with E-state index in [1.807, 2.05) is 32.0 Å². The van der Waals surface area contributed by atoms with Crippen molar-refractivity contribution in [3.8, 4) is 5.75 Å². The van der Waals surface area contributed by atoms with Crippen LogP contribution >= 0.6 is 0 Å². The summed E-state index contributed by atoms with van der Waals surface area (Å²) in [4.78, 5) is 37.0. The number of carbonyl (C=O) groups excluding carboxylic acids is 3. The zero-order chi connectivity index (χ0) is 20.3. The highest BCUT2D eigenvalue weighted by atomic mass is 16.5. The van der Waals surface area contributed by atoms with Gasteiger partial charge in [-0.3, -0.25) is 14.4 Å². The fourth-order valence-electron chi connectivity index (χ4n) is 3.09. The summed E-state index contributed by atoms with van der Waals surface area (Å²) < 4.78 is 5.52. The lowest BCUT2D eigenvalue weighted by Gasteiger charge is -2.17. The largest absolute Gasteiger partial charge is 0.484 e. The van der Waals surface area contributed by atoms with Crippen molar-refractivity contribution in [2.75, 3.05) is 23.4 Å². The molecule has 1 fully saturated rings. The summed E-state index contributed by atoms with van der Waals surface area (Å²) in [5.41, 5.74) is 8.84. The molecule has 1 saturated heterocycles. The van der Waals surface area contributed by atoms with E-state index in [-0.39, 0.29) is 31.4 Å². The average Bonchev–Trinajstić information content (AvgIpc) is 3.06.